The zero-order valence-corrected chi connectivity index (χ0v) is 15.1. The van der Waals surface area contributed by atoms with E-state index in [4.69, 9.17) is 4.74 Å². The fourth-order valence-corrected chi connectivity index (χ4v) is 3.43. The molecule has 2 aromatic heterocycles. The van der Waals surface area contributed by atoms with Crippen LogP contribution >= 0.6 is 0 Å². The number of benzene rings is 1. The van der Waals surface area contributed by atoms with Gasteiger partial charge in [-0.1, -0.05) is 0 Å². The molecule has 4 rings (SSSR count). The maximum absolute atomic E-state index is 13.1. The van der Waals surface area contributed by atoms with Crippen LogP contribution in [0.4, 0.5) is 0 Å². The molecule has 1 saturated heterocycles. The SMILES string of the molecule is CO[C@@H]1CNC[C@H]1NC(=O)c1cc(-c2ccc(O)cc2)nc2n[nH]c(C)c12. The van der Waals surface area contributed by atoms with Crippen LogP contribution in [0.5, 0.6) is 5.75 Å². The average Bonchev–Trinajstić information content (AvgIpc) is 3.28. The number of nitrogens with zero attached hydrogens (tertiary/aromatic N) is 2. The van der Waals surface area contributed by atoms with Crippen molar-refractivity contribution in [2.24, 2.45) is 0 Å². The molecule has 1 aliphatic rings. The second-order valence-corrected chi connectivity index (χ2v) is 6.66. The molecule has 1 aromatic carbocycles. The van der Waals surface area contributed by atoms with Gasteiger partial charge in [-0.05, 0) is 37.3 Å². The summed E-state index contributed by atoms with van der Waals surface area (Å²) in [6.45, 7) is 3.23. The standard InChI is InChI=1S/C19H21N5O3/c1-10-17-13(19(26)22-15-8-20-9-16(15)27-2)7-14(21-18(17)24-23-10)11-3-5-12(25)6-4-11/h3-7,15-16,20,25H,8-9H2,1-2H3,(H,22,26)(H,21,23,24)/t15-,16-/m1/s1. The summed E-state index contributed by atoms with van der Waals surface area (Å²) in [5.41, 5.74) is 3.19. The molecule has 140 valence electrons. The number of hydrogen-bond acceptors (Lipinski definition) is 6. The number of methoxy groups -OCH3 is 1. The third kappa shape index (κ3) is 3.24. The summed E-state index contributed by atoms with van der Waals surface area (Å²) in [7, 11) is 1.64. The molecule has 0 bridgehead atoms. The molecule has 1 amide bonds. The number of carbonyl (C=O) groups is 1. The van der Waals surface area contributed by atoms with Gasteiger partial charge >= 0.3 is 0 Å². The lowest BCUT2D eigenvalue weighted by Crippen LogP contribution is -2.43. The van der Waals surface area contributed by atoms with Crippen LogP contribution in [0, 0.1) is 6.92 Å². The predicted molar refractivity (Wildman–Crippen MR) is 101 cm³/mol. The fourth-order valence-electron chi connectivity index (χ4n) is 3.43. The molecule has 0 saturated carbocycles. The second-order valence-electron chi connectivity index (χ2n) is 6.66. The van der Waals surface area contributed by atoms with E-state index in [1.54, 1.807) is 37.4 Å². The summed E-state index contributed by atoms with van der Waals surface area (Å²) >= 11 is 0. The zero-order valence-electron chi connectivity index (χ0n) is 15.1. The van der Waals surface area contributed by atoms with E-state index in [1.807, 2.05) is 6.92 Å². The minimum Gasteiger partial charge on any atom is -0.508 e. The van der Waals surface area contributed by atoms with Gasteiger partial charge < -0.3 is 20.5 Å². The van der Waals surface area contributed by atoms with Crippen molar-refractivity contribution in [1.82, 2.24) is 25.8 Å². The van der Waals surface area contributed by atoms with Gasteiger partial charge in [-0.3, -0.25) is 9.89 Å². The highest BCUT2D eigenvalue weighted by Gasteiger charge is 2.29. The molecule has 0 unspecified atom stereocenters. The minimum atomic E-state index is -0.192. The number of rotatable bonds is 4. The van der Waals surface area contributed by atoms with Crippen molar-refractivity contribution in [1.29, 1.82) is 0 Å². The van der Waals surface area contributed by atoms with Crippen molar-refractivity contribution >= 4 is 16.9 Å². The van der Waals surface area contributed by atoms with Crippen molar-refractivity contribution < 1.29 is 14.6 Å². The van der Waals surface area contributed by atoms with Crippen LogP contribution in [0.1, 0.15) is 16.1 Å². The van der Waals surface area contributed by atoms with Crippen LogP contribution < -0.4 is 10.6 Å². The van der Waals surface area contributed by atoms with Crippen molar-refractivity contribution in [2.45, 2.75) is 19.1 Å². The number of pyridine rings is 1. The molecule has 8 heteroatoms. The number of phenolic OH excluding ortho intramolecular Hbond substituents is 1. The van der Waals surface area contributed by atoms with Crippen LogP contribution in [0.3, 0.4) is 0 Å². The highest BCUT2D eigenvalue weighted by Crippen LogP contribution is 2.27. The third-order valence-corrected chi connectivity index (χ3v) is 4.89. The number of carbonyl (C=O) groups excluding carboxylic acids is 1. The van der Waals surface area contributed by atoms with E-state index in [0.717, 1.165) is 11.3 Å². The number of aromatic amines is 1. The van der Waals surface area contributed by atoms with Crippen LogP contribution in [0.15, 0.2) is 30.3 Å². The summed E-state index contributed by atoms with van der Waals surface area (Å²) in [6.07, 6.45) is -0.0618. The molecule has 0 spiro atoms. The fraction of sp³-hybridized carbons (Fsp3) is 0.316. The molecular formula is C19H21N5O3. The minimum absolute atomic E-state index is 0.0618. The Morgan fingerprint density at radius 1 is 1.30 bits per heavy atom. The van der Waals surface area contributed by atoms with Crippen molar-refractivity contribution in [3.8, 4) is 17.0 Å². The zero-order chi connectivity index (χ0) is 19.0. The lowest BCUT2D eigenvalue weighted by molar-refractivity contribution is 0.0781. The van der Waals surface area contributed by atoms with Crippen LogP contribution in [-0.2, 0) is 4.74 Å². The Kier molecular flexibility index (Phi) is 4.51. The second kappa shape index (κ2) is 6.98. The topological polar surface area (TPSA) is 112 Å². The molecule has 0 radical (unpaired) electrons. The number of aromatic hydroxyl groups is 1. The van der Waals surface area contributed by atoms with Crippen molar-refractivity contribution in [2.75, 3.05) is 20.2 Å². The molecule has 1 fully saturated rings. The first kappa shape index (κ1) is 17.4. The number of phenols is 1. The first-order valence-electron chi connectivity index (χ1n) is 8.76. The van der Waals surface area contributed by atoms with E-state index in [1.165, 1.54) is 0 Å². The summed E-state index contributed by atoms with van der Waals surface area (Å²) < 4.78 is 5.43. The van der Waals surface area contributed by atoms with Gasteiger partial charge in [0.1, 0.15) is 5.75 Å². The first-order chi connectivity index (χ1) is 13.1. The molecule has 2 atom stereocenters. The number of aromatic nitrogens is 3. The molecule has 3 heterocycles. The maximum Gasteiger partial charge on any atom is 0.252 e. The summed E-state index contributed by atoms with van der Waals surface area (Å²) in [6, 6.07) is 8.35. The highest BCUT2D eigenvalue weighted by atomic mass is 16.5. The Bertz CT molecular complexity index is 983. The third-order valence-electron chi connectivity index (χ3n) is 4.89. The molecule has 27 heavy (non-hydrogen) atoms. The molecule has 4 N–H and O–H groups in total. The molecular weight excluding hydrogens is 346 g/mol. The van der Waals surface area contributed by atoms with E-state index in [9.17, 15) is 9.90 Å². The largest absolute Gasteiger partial charge is 0.508 e. The van der Waals surface area contributed by atoms with E-state index in [0.29, 0.717) is 35.4 Å². The number of ether oxygens (including phenoxy) is 1. The number of nitrogens with one attached hydrogen (secondary N) is 3. The van der Waals surface area contributed by atoms with Crippen molar-refractivity contribution in [3.63, 3.8) is 0 Å². The number of aryl methyl sites for hydroxylation is 1. The Morgan fingerprint density at radius 3 is 2.81 bits per heavy atom. The lowest BCUT2D eigenvalue weighted by Gasteiger charge is -2.19. The van der Waals surface area contributed by atoms with Gasteiger partial charge in [0.15, 0.2) is 5.65 Å². The van der Waals surface area contributed by atoms with Gasteiger partial charge in [-0.2, -0.15) is 5.10 Å². The van der Waals surface area contributed by atoms with Gasteiger partial charge in [0.05, 0.1) is 28.8 Å². The van der Waals surface area contributed by atoms with E-state index < -0.39 is 0 Å². The smallest absolute Gasteiger partial charge is 0.252 e. The van der Waals surface area contributed by atoms with E-state index in [-0.39, 0.29) is 23.8 Å². The lowest BCUT2D eigenvalue weighted by atomic mass is 10.0. The van der Waals surface area contributed by atoms with Crippen LogP contribution in [0.25, 0.3) is 22.3 Å². The summed E-state index contributed by atoms with van der Waals surface area (Å²) in [5.74, 6) is -0.0181. The normalized spacial score (nSPS) is 19.5. The van der Waals surface area contributed by atoms with Gasteiger partial charge in [-0.15, -0.1) is 0 Å². The number of H-pyrrole nitrogens is 1. The van der Waals surface area contributed by atoms with Gasteiger partial charge in [0.2, 0.25) is 0 Å². The average molecular weight is 367 g/mol. The van der Waals surface area contributed by atoms with E-state index in [2.05, 4.69) is 25.8 Å². The van der Waals surface area contributed by atoms with Gasteiger partial charge in [0, 0.05) is 31.5 Å². The molecule has 0 aliphatic carbocycles. The van der Waals surface area contributed by atoms with Gasteiger partial charge in [0.25, 0.3) is 5.91 Å². The Hall–Kier alpha value is -2.97. The molecule has 3 aromatic rings. The first-order valence-corrected chi connectivity index (χ1v) is 8.76. The predicted octanol–water partition coefficient (Wildman–Crippen LogP) is 1.36. The Morgan fingerprint density at radius 2 is 2.07 bits per heavy atom. The Balaban J connectivity index is 1.75. The quantitative estimate of drug-likeness (QED) is 0.554. The molecule has 8 nitrogen and oxygen atoms in total. The van der Waals surface area contributed by atoms with Crippen LogP contribution in [0.2, 0.25) is 0 Å². The summed E-state index contributed by atoms with van der Waals surface area (Å²) in [4.78, 5) is 17.6. The Labute approximate surface area is 156 Å². The van der Waals surface area contributed by atoms with Crippen molar-refractivity contribution in [3.05, 3.63) is 41.6 Å². The number of amides is 1. The highest BCUT2D eigenvalue weighted by molar-refractivity contribution is 6.07. The summed E-state index contributed by atoms with van der Waals surface area (Å²) in [5, 5.41) is 23.6. The maximum atomic E-state index is 13.1. The van der Waals surface area contributed by atoms with E-state index >= 15 is 0 Å². The number of hydrogen-bond donors (Lipinski definition) is 4. The van der Waals surface area contributed by atoms with Gasteiger partial charge in [-0.25, -0.2) is 4.98 Å². The molecule has 1 aliphatic heterocycles. The number of fused-ring (bicyclic) bond motifs is 1. The van der Waals surface area contributed by atoms with Crippen LogP contribution in [-0.4, -0.2) is 58.5 Å². The monoisotopic (exact) mass is 367 g/mol.